The Morgan fingerprint density at radius 2 is 1.71 bits per heavy atom. The van der Waals surface area contributed by atoms with Gasteiger partial charge < -0.3 is 5.32 Å². The third kappa shape index (κ3) is 3.45. The highest BCUT2D eigenvalue weighted by Crippen LogP contribution is 2.38. The van der Waals surface area contributed by atoms with E-state index in [0.717, 1.165) is 12.1 Å². The number of hydrogen-bond donors (Lipinski definition) is 1. The lowest BCUT2D eigenvalue weighted by atomic mass is 9.72. The van der Waals surface area contributed by atoms with E-state index in [0.29, 0.717) is 5.41 Å². The van der Waals surface area contributed by atoms with Gasteiger partial charge in [-0.05, 0) is 57.7 Å². The van der Waals surface area contributed by atoms with Crippen LogP contribution >= 0.6 is 0 Å². The zero-order valence-corrected chi connectivity index (χ0v) is 12.0. The fourth-order valence-corrected chi connectivity index (χ4v) is 3.70. The molecule has 1 N–H and O–H groups in total. The second-order valence-corrected chi connectivity index (χ2v) is 6.82. The van der Waals surface area contributed by atoms with Gasteiger partial charge in [0.15, 0.2) is 0 Å². The molecule has 2 unspecified atom stereocenters. The van der Waals surface area contributed by atoms with Crippen molar-refractivity contribution >= 4 is 0 Å². The van der Waals surface area contributed by atoms with Gasteiger partial charge in [-0.3, -0.25) is 4.90 Å². The Bertz CT molecular complexity index is 229. The first-order valence-electron chi connectivity index (χ1n) is 7.54. The number of likely N-dealkylation sites (N-methyl/N-ethyl adjacent to an activating group) is 1. The third-order valence-corrected chi connectivity index (χ3v) is 4.84. The van der Waals surface area contributed by atoms with E-state index in [4.69, 9.17) is 0 Å². The third-order valence-electron chi connectivity index (χ3n) is 4.84. The monoisotopic (exact) mass is 238 g/mol. The summed E-state index contributed by atoms with van der Waals surface area (Å²) in [5, 5.41) is 3.57. The van der Waals surface area contributed by atoms with Crippen LogP contribution in [0.5, 0.6) is 0 Å². The lowest BCUT2D eigenvalue weighted by Gasteiger charge is -2.45. The molecular weight excluding hydrogens is 208 g/mol. The molecule has 1 saturated carbocycles. The van der Waals surface area contributed by atoms with Crippen LogP contribution in [0.4, 0.5) is 0 Å². The van der Waals surface area contributed by atoms with Crippen molar-refractivity contribution in [3.63, 3.8) is 0 Å². The summed E-state index contributed by atoms with van der Waals surface area (Å²) in [6.07, 6.45) is 9.81. The number of nitrogens with zero attached hydrogens (tertiary/aromatic N) is 1. The predicted molar refractivity (Wildman–Crippen MR) is 74.3 cm³/mol. The summed E-state index contributed by atoms with van der Waals surface area (Å²) in [7, 11) is 2.15. The van der Waals surface area contributed by atoms with Crippen LogP contribution in [-0.4, -0.2) is 37.1 Å². The highest BCUT2D eigenvalue weighted by Gasteiger charge is 2.37. The van der Waals surface area contributed by atoms with Crippen molar-refractivity contribution in [3.8, 4) is 0 Å². The van der Waals surface area contributed by atoms with Crippen LogP contribution in [0.2, 0.25) is 0 Å². The fraction of sp³-hybridized carbons (Fsp3) is 1.00. The SMILES string of the molecule is CNC1CCC(C)(C)CC1N1CCCCCC1. The Morgan fingerprint density at radius 1 is 1.06 bits per heavy atom. The molecule has 0 aromatic heterocycles. The lowest BCUT2D eigenvalue weighted by molar-refractivity contribution is 0.0697. The maximum Gasteiger partial charge on any atom is 0.0254 e. The van der Waals surface area contributed by atoms with Crippen molar-refractivity contribution in [3.05, 3.63) is 0 Å². The summed E-state index contributed by atoms with van der Waals surface area (Å²) in [5.74, 6) is 0. The van der Waals surface area contributed by atoms with Gasteiger partial charge in [0.1, 0.15) is 0 Å². The maximum absolute atomic E-state index is 3.57. The Hall–Kier alpha value is -0.0800. The molecule has 2 heteroatoms. The Labute approximate surface area is 107 Å². The van der Waals surface area contributed by atoms with E-state index in [1.165, 1.54) is 58.0 Å². The fourth-order valence-electron chi connectivity index (χ4n) is 3.70. The van der Waals surface area contributed by atoms with E-state index in [1.54, 1.807) is 0 Å². The van der Waals surface area contributed by atoms with E-state index in [-0.39, 0.29) is 0 Å². The predicted octanol–water partition coefficient (Wildman–Crippen LogP) is 3.03. The van der Waals surface area contributed by atoms with Gasteiger partial charge in [0.2, 0.25) is 0 Å². The number of nitrogens with one attached hydrogen (secondary N) is 1. The average molecular weight is 238 g/mol. The van der Waals surface area contributed by atoms with Crippen molar-refractivity contribution in [1.29, 1.82) is 0 Å². The van der Waals surface area contributed by atoms with Crippen molar-refractivity contribution in [2.75, 3.05) is 20.1 Å². The van der Waals surface area contributed by atoms with Crippen LogP contribution in [0.15, 0.2) is 0 Å². The first-order valence-corrected chi connectivity index (χ1v) is 7.54. The highest BCUT2D eigenvalue weighted by atomic mass is 15.2. The molecule has 0 aromatic carbocycles. The lowest BCUT2D eigenvalue weighted by Crippen LogP contribution is -2.54. The van der Waals surface area contributed by atoms with Crippen LogP contribution in [0.1, 0.15) is 58.8 Å². The molecule has 0 aromatic rings. The molecule has 2 atom stereocenters. The van der Waals surface area contributed by atoms with E-state index < -0.39 is 0 Å². The van der Waals surface area contributed by atoms with E-state index in [1.807, 2.05) is 0 Å². The number of rotatable bonds is 2. The average Bonchev–Trinajstić information content (AvgIpc) is 2.56. The van der Waals surface area contributed by atoms with Gasteiger partial charge in [-0.15, -0.1) is 0 Å². The molecule has 2 aliphatic rings. The molecule has 0 amide bonds. The normalized spacial score (nSPS) is 35.5. The minimum atomic E-state index is 0.546. The molecule has 1 aliphatic heterocycles. The van der Waals surface area contributed by atoms with Gasteiger partial charge in [0, 0.05) is 12.1 Å². The molecule has 1 saturated heterocycles. The van der Waals surface area contributed by atoms with Gasteiger partial charge in [0.25, 0.3) is 0 Å². The summed E-state index contributed by atoms with van der Waals surface area (Å²) in [6.45, 7) is 7.56. The maximum atomic E-state index is 3.57. The van der Waals surface area contributed by atoms with Crippen LogP contribution < -0.4 is 5.32 Å². The molecule has 17 heavy (non-hydrogen) atoms. The molecule has 0 bridgehead atoms. The van der Waals surface area contributed by atoms with E-state index in [2.05, 4.69) is 31.1 Å². The summed E-state index contributed by atoms with van der Waals surface area (Å²) in [4.78, 5) is 2.79. The zero-order chi connectivity index (χ0) is 12.3. The minimum Gasteiger partial charge on any atom is -0.315 e. The first kappa shape index (κ1) is 13.4. The summed E-state index contributed by atoms with van der Waals surface area (Å²) in [5.41, 5.74) is 0.546. The van der Waals surface area contributed by atoms with Crippen molar-refractivity contribution in [2.45, 2.75) is 70.9 Å². The van der Waals surface area contributed by atoms with Crippen molar-refractivity contribution < 1.29 is 0 Å². The quantitative estimate of drug-likeness (QED) is 0.795. The Morgan fingerprint density at radius 3 is 2.29 bits per heavy atom. The van der Waals surface area contributed by atoms with Gasteiger partial charge in [-0.25, -0.2) is 0 Å². The largest absolute Gasteiger partial charge is 0.315 e. The highest BCUT2D eigenvalue weighted by molar-refractivity contribution is 4.94. The second kappa shape index (κ2) is 5.71. The summed E-state index contributed by atoms with van der Waals surface area (Å²) < 4.78 is 0. The molecular formula is C15H30N2. The van der Waals surface area contributed by atoms with Gasteiger partial charge in [0.05, 0.1) is 0 Å². The van der Waals surface area contributed by atoms with Crippen molar-refractivity contribution in [2.24, 2.45) is 5.41 Å². The molecule has 0 radical (unpaired) electrons. The minimum absolute atomic E-state index is 0.546. The van der Waals surface area contributed by atoms with Crippen LogP contribution in [0, 0.1) is 5.41 Å². The smallest absolute Gasteiger partial charge is 0.0254 e. The molecule has 100 valence electrons. The first-order chi connectivity index (χ1) is 8.12. The number of hydrogen-bond acceptors (Lipinski definition) is 2. The van der Waals surface area contributed by atoms with Crippen LogP contribution in [-0.2, 0) is 0 Å². The molecule has 2 nitrogen and oxygen atoms in total. The molecule has 0 spiro atoms. The van der Waals surface area contributed by atoms with Crippen molar-refractivity contribution in [1.82, 2.24) is 10.2 Å². The van der Waals surface area contributed by atoms with E-state index in [9.17, 15) is 0 Å². The summed E-state index contributed by atoms with van der Waals surface area (Å²) in [6, 6.07) is 1.50. The Balaban J connectivity index is 2.02. The molecule has 2 fully saturated rings. The van der Waals surface area contributed by atoms with Gasteiger partial charge in [-0.2, -0.15) is 0 Å². The Kier molecular flexibility index (Phi) is 4.48. The topological polar surface area (TPSA) is 15.3 Å². The second-order valence-electron chi connectivity index (χ2n) is 6.82. The van der Waals surface area contributed by atoms with Gasteiger partial charge >= 0.3 is 0 Å². The van der Waals surface area contributed by atoms with E-state index >= 15 is 0 Å². The molecule has 1 heterocycles. The molecule has 1 aliphatic carbocycles. The number of likely N-dealkylation sites (tertiary alicyclic amines) is 1. The van der Waals surface area contributed by atoms with Crippen LogP contribution in [0.3, 0.4) is 0 Å². The van der Waals surface area contributed by atoms with Crippen LogP contribution in [0.25, 0.3) is 0 Å². The zero-order valence-electron chi connectivity index (χ0n) is 12.0. The standard InChI is InChI=1S/C15H30N2/c1-15(2)9-8-13(16-3)14(12-15)17-10-6-4-5-7-11-17/h13-14,16H,4-12H2,1-3H3. The molecule has 2 rings (SSSR count). The summed E-state index contributed by atoms with van der Waals surface area (Å²) >= 11 is 0. The van der Waals surface area contributed by atoms with Gasteiger partial charge in [-0.1, -0.05) is 26.7 Å².